The molecule has 0 aliphatic heterocycles. The van der Waals surface area contributed by atoms with Crippen molar-refractivity contribution in [3.8, 4) is 5.75 Å². The molecule has 0 amide bonds. The van der Waals surface area contributed by atoms with Crippen LogP contribution in [0.5, 0.6) is 5.75 Å². The fourth-order valence-electron chi connectivity index (χ4n) is 1.95. The van der Waals surface area contributed by atoms with Crippen LogP contribution in [0.15, 0.2) is 42.5 Å². The van der Waals surface area contributed by atoms with Crippen LogP contribution in [-0.2, 0) is 4.74 Å². The van der Waals surface area contributed by atoms with E-state index in [0.717, 1.165) is 12.1 Å². The van der Waals surface area contributed by atoms with Crippen LogP contribution < -0.4 is 4.74 Å². The van der Waals surface area contributed by atoms with E-state index in [-0.39, 0.29) is 16.9 Å². The molecule has 2 aromatic rings. The van der Waals surface area contributed by atoms with Crippen LogP contribution in [0.25, 0.3) is 0 Å². The third-order valence-corrected chi connectivity index (χ3v) is 3.01. The van der Waals surface area contributed by atoms with Gasteiger partial charge in [-0.3, -0.25) is 0 Å². The lowest BCUT2D eigenvalue weighted by Crippen LogP contribution is -2.13. The maximum atomic E-state index is 13.6. The normalized spacial score (nSPS) is 12.1. The summed E-state index contributed by atoms with van der Waals surface area (Å²) in [7, 11) is 0. The highest BCUT2D eigenvalue weighted by Gasteiger charge is 2.21. The van der Waals surface area contributed by atoms with Gasteiger partial charge in [0.2, 0.25) is 0 Å². The van der Waals surface area contributed by atoms with E-state index in [2.05, 4.69) is 4.74 Å². The van der Waals surface area contributed by atoms with E-state index in [0.29, 0.717) is 6.07 Å². The number of carbonyl (C=O) groups is 1. The lowest BCUT2D eigenvalue weighted by molar-refractivity contribution is -0.0505. The maximum Gasteiger partial charge on any atom is 0.387 e. The molecule has 3 nitrogen and oxygen atoms in total. The molecule has 2 rings (SSSR count). The van der Waals surface area contributed by atoms with Crippen molar-refractivity contribution in [1.82, 2.24) is 0 Å². The minimum absolute atomic E-state index is 0.0352. The van der Waals surface area contributed by atoms with Crippen molar-refractivity contribution in [3.63, 3.8) is 0 Å². The number of ether oxygens (including phenoxy) is 2. The molecule has 0 aliphatic rings. The Morgan fingerprint density at radius 3 is 2.43 bits per heavy atom. The monoisotopic (exact) mass is 328 g/mol. The highest BCUT2D eigenvalue weighted by atomic mass is 19.3. The van der Waals surface area contributed by atoms with Crippen molar-refractivity contribution < 1.29 is 31.8 Å². The third-order valence-electron chi connectivity index (χ3n) is 3.01. The van der Waals surface area contributed by atoms with E-state index in [9.17, 15) is 22.4 Å². The van der Waals surface area contributed by atoms with Gasteiger partial charge in [-0.15, -0.1) is 0 Å². The summed E-state index contributed by atoms with van der Waals surface area (Å²) in [6.07, 6.45) is -1.04. The molecule has 0 saturated heterocycles. The number of hydrogen-bond donors (Lipinski definition) is 0. The zero-order valence-corrected chi connectivity index (χ0v) is 11.9. The molecule has 7 heteroatoms. The van der Waals surface area contributed by atoms with Gasteiger partial charge in [-0.2, -0.15) is 8.78 Å². The highest BCUT2D eigenvalue weighted by Crippen LogP contribution is 2.26. The second kappa shape index (κ2) is 7.13. The fraction of sp³-hybridized carbons (Fsp3) is 0.188. The Bertz CT molecular complexity index is 703. The van der Waals surface area contributed by atoms with Gasteiger partial charge in [0.1, 0.15) is 29.1 Å². The van der Waals surface area contributed by atoms with Crippen molar-refractivity contribution in [2.45, 2.75) is 19.6 Å². The van der Waals surface area contributed by atoms with Gasteiger partial charge in [-0.1, -0.05) is 12.1 Å². The molecule has 1 atom stereocenters. The van der Waals surface area contributed by atoms with Crippen LogP contribution in [0.2, 0.25) is 0 Å². The molecule has 0 aliphatic carbocycles. The van der Waals surface area contributed by atoms with Crippen LogP contribution in [0, 0.1) is 11.6 Å². The number of para-hydroxylation sites is 1. The van der Waals surface area contributed by atoms with Gasteiger partial charge in [0.05, 0.1) is 0 Å². The van der Waals surface area contributed by atoms with Crippen molar-refractivity contribution in [2.75, 3.05) is 0 Å². The second-order valence-electron chi connectivity index (χ2n) is 4.59. The molecule has 0 aromatic heterocycles. The van der Waals surface area contributed by atoms with E-state index in [4.69, 9.17) is 4.74 Å². The van der Waals surface area contributed by atoms with Gasteiger partial charge in [0.25, 0.3) is 0 Å². The fourth-order valence-corrected chi connectivity index (χ4v) is 1.95. The first-order valence-electron chi connectivity index (χ1n) is 6.58. The molecule has 0 radical (unpaired) electrons. The molecule has 0 spiro atoms. The first kappa shape index (κ1) is 16.8. The van der Waals surface area contributed by atoms with Crippen LogP contribution in [-0.4, -0.2) is 12.6 Å². The lowest BCUT2D eigenvalue weighted by Gasteiger charge is -2.16. The van der Waals surface area contributed by atoms with E-state index >= 15 is 0 Å². The first-order chi connectivity index (χ1) is 10.9. The summed E-state index contributed by atoms with van der Waals surface area (Å²) in [5.41, 5.74) is -0.255. The SMILES string of the molecule is CC(OC(=O)c1ccccc1OC(F)F)c1ccc(F)cc1F. The van der Waals surface area contributed by atoms with Gasteiger partial charge in [0, 0.05) is 11.6 Å². The van der Waals surface area contributed by atoms with Gasteiger partial charge >= 0.3 is 12.6 Å². The molecular weight excluding hydrogens is 316 g/mol. The molecule has 0 fully saturated rings. The maximum absolute atomic E-state index is 13.6. The molecule has 0 saturated carbocycles. The van der Waals surface area contributed by atoms with Gasteiger partial charge in [-0.25, -0.2) is 13.6 Å². The van der Waals surface area contributed by atoms with Crippen LogP contribution >= 0.6 is 0 Å². The zero-order chi connectivity index (χ0) is 17.0. The standard InChI is InChI=1S/C16H12F4O3/c1-9(11-7-6-10(17)8-13(11)18)22-15(21)12-4-2-3-5-14(12)23-16(19)20/h2-9,16H,1H3. The number of esters is 1. The number of hydrogen-bond acceptors (Lipinski definition) is 3. The van der Waals surface area contributed by atoms with Crippen LogP contribution in [0.4, 0.5) is 17.6 Å². The van der Waals surface area contributed by atoms with Crippen molar-refractivity contribution >= 4 is 5.97 Å². The van der Waals surface area contributed by atoms with E-state index < -0.39 is 30.3 Å². The number of rotatable bonds is 5. The average Bonchev–Trinajstić information content (AvgIpc) is 2.46. The average molecular weight is 328 g/mol. The number of halogens is 4. The molecule has 0 bridgehead atoms. The predicted molar refractivity (Wildman–Crippen MR) is 73.3 cm³/mol. The Morgan fingerprint density at radius 1 is 1.09 bits per heavy atom. The lowest BCUT2D eigenvalue weighted by atomic mass is 10.1. The van der Waals surface area contributed by atoms with Crippen LogP contribution in [0.1, 0.15) is 28.9 Å². The number of carbonyl (C=O) groups excluding carboxylic acids is 1. The Balaban J connectivity index is 2.18. The summed E-state index contributed by atoms with van der Waals surface area (Å²) in [5.74, 6) is -2.94. The molecule has 2 aromatic carbocycles. The summed E-state index contributed by atoms with van der Waals surface area (Å²) < 4.78 is 60.4. The minimum Gasteiger partial charge on any atom is -0.454 e. The first-order valence-corrected chi connectivity index (χ1v) is 6.58. The van der Waals surface area contributed by atoms with E-state index in [1.807, 2.05) is 0 Å². The molecule has 0 heterocycles. The van der Waals surface area contributed by atoms with Gasteiger partial charge < -0.3 is 9.47 Å². The number of alkyl halides is 2. The van der Waals surface area contributed by atoms with E-state index in [1.54, 1.807) is 0 Å². The summed E-state index contributed by atoms with van der Waals surface area (Å²) in [6, 6.07) is 8.11. The largest absolute Gasteiger partial charge is 0.454 e. The second-order valence-corrected chi connectivity index (χ2v) is 4.59. The molecule has 23 heavy (non-hydrogen) atoms. The summed E-state index contributed by atoms with van der Waals surface area (Å²) >= 11 is 0. The van der Waals surface area contributed by atoms with Crippen LogP contribution in [0.3, 0.4) is 0 Å². The summed E-state index contributed by atoms with van der Waals surface area (Å²) in [5, 5.41) is 0. The number of benzene rings is 2. The zero-order valence-electron chi connectivity index (χ0n) is 11.9. The Labute approximate surface area is 129 Å². The quantitative estimate of drug-likeness (QED) is 0.599. The smallest absolute Gasteiger partial charge is 0.387 e. The summed E-state index contributed by atoms with van der Waals surface area (Å²) in [6.45, 7) is -1.72. The van der Waals surface area contributed by atoms with Gasteiger partial charge in [-0.05, 0) is 31.2 Å². The Morgan fingerprint density at radius 2 is 1.78 bits per heavy atom. The van der Waals surface area contributed by atoms with Crippen molar-refractivity contribution in [2.24, 2.45) is 0 Å². The van der Waals surface area contributed by atoms with Gasteiger partial charge in [0.15, 0.2) is 0 Å². The third kappa shape index (κ3) is 4.21. The highest BCUT2D eigenvalue weighted by molar-refractivity contribution is 5.92. The Hall–Kier alpha value is -2.57. The molecule has 122 valence electrons. The van der Waals surface area contributed by atoms with Crippen molar-refractivity contribution in [1.29, 1.82) is 0 Å². The molecular formula is C16H12F4O3. The minimum atomic E-state index is -3.10. The van der Waals surface area contributed by atoms with Crippen molar-refractivity contribution in [3.05, 3.63) is 65.2 Å². The molecule has 0 N–H and O–H groups in total. The van der Waals surface area contributed by atoms with E-state index in [1.165, 1.54) is 31.2 Å². The Kier molecular flexibility index (Phi) is 5.20. The summed E-state index contributed by atoms with van der Waals surface area (Å²) in [4.78, 5) is 12.1. The predicted octanol–water partition coefficient (Wildman–Crippen LogP) is 4.48. The topological polar surface area (TPSA) is 35.5 Å². The molecule has 1 unspecified atom stereocenters.